The van der Waals surface area contributed by atoms with Gasteiger partial charge < -0.3 is 25.2 Å². The first-order valence-electron chi connectivity index (χ1n) is 7.85. The molecule has 25 heavy (non-hydrogen) atoms. The molecule has 3 N–H and O–H groups in total. The van der Waals surface area contributed by atoms with Gasteiger partial charge in [0.2, 0.25) is 0 Å². The van der Waals surface area contributed by atoms with Crippen molar-refractivity contribution >= 4 is 23.3 Å². The number of benzene rings is 2. The van der Waals surface area contributed by atoms with E-state index in [2.05, 4.69) is 10.6 Å². The molecule has 1 unspecified atom stereocenters. The lowest BCUT2D eigenvalue weighted by atomic mass is 9.88. The van der Waals surface area contributed by atoms with Crippen molar-refractivity contribution in [3.8, 4) is 11.5 Å². The Kier molecular flexibility index (Phi) is 5.01. The summed E-state index contributed by atoms with van der Waals surface area (Å²) < 4.78 is 10.7. The van der Waals surface area contributed by atoms with E-state index >= 15 is 0 Å². The molecule has 6 nitrogen and oxygen atoms in total. The van der Waals surface area contributed by atoms with Crippen molar-refractivity contribution in [1.29, 1.82) is 0 Å². The van der Waals surface area contributed by atoms with Gasteiger partial charge in [0.05, 0.1) is 25.9 Å². The van der Waals surface area contributed by atoms with Gasteiger partial charge in [-0.3, -0.25) is 0 Å². The number of aliphatic hydroxyl groups is 1. The van der Waals surface area contributed by atoms with Crippen LogP contribution < -0.4 is 20.1 Å². The summed E-state index contributed by atoms with van der Waals surface area (Å²) in [5.41, 5.74) is -0.0568. The van der Waals surface area contributed by atoms with Crippen molar-refractivity contribution in [3.63, 3.8) is 0 Å². The Bertz CT molecular complexity index is 783. The number of fused-ring (bicyclic) bond motifs is 1. The molecule has 0 aliphatic carbocycles. The maximum absolute atomic E-state index is 12.2. The molecule has 0 radical (unpaired) electrons. The average Bonchev–Trinajstić information content (AvgIpc) is 2.61. The lowest BCUT2D eigenvalue weighted by Gasteiger charge is -2.34. The number of hydrogen-bond acceptors (Lipinski definition) is 4. The van der Waals surface area contributed by atoms with Crippen molar-refractivity contribution in [2.24, 2.45) is 0 Å². The van der Waals surface area contributed by atoms with Crippen LogP contribution in [0.25, 0.3) is 0 Å². The van der Waals surface area contributed by atoms with Gasteiger partial charge >= 0.3 is 6.03 Å². The van der Waals surface area contributed by atoms with Gasteiger partial charge in [-0.25, -0.2) is 4.79 Å². The predicted molar refractivity (Wildman–Crippen MR) is 95.5 cm³/mol. The first-order valence-corrected chi connectivity index (χ1v) is 8.23. The zero-order valence-corrected chi connectivity index (χ0v) is 14.5. The molecule has 1 heterocycles. The predicted octanol–water partition coefficient (Wildman–Crippen LogP) is 3.14. The van der Waals surface area contributed by atoms with Gasteiger partial charge in [0.25, 0.3) is 0 Å². The van der Waals surface area contributed by atoms with Crippen molar-refractivity contribution in [3.05, 3.63) is 53.1 Å². The number of urea groups is 1. The van der Waals surface area contributed by atoms with Crippen LogP contribution >= 0.6 is 11.6 Å². The van der Waals surface area contributed by atoms with E-state index in [1.165, 1.54) is 7.11 Å². The minimum Gasteiger partial charge on any atom is -0.495 e. The van der Waals surface area contributed by atoms with Crippen LogP contribution in [0.2, 0.25) is 5.02 Å². The summed E-state index contributed by atoms with van der Waals surface area (Å²) in [6.07, 6.45) is 0.394. The normalized spacial score (nSPS) is 18.7. The fraction of sp³-hybridized carbons (Fsp3) is 0.278. The number of ether oxygens (including phenoxy) is 2. The van der Waals surface area contributed by atoms with Gasteiger partial charge in [-0.15, -0.1) is 0 Å². The van der Waals surface area contributed by atoms with E-state index in [1.54, 1.807) is 30.3 Å². The highest BCUT2D eigenvalue weighted by atomic mass is 35.5. The van der Waals surface area contributed by atoms with Gasteiger partial charge in [0.15, 0.2) is 0 Å². The first-order chi connectivity index (χ1) is 12.0. The summed E-state index contributed by atoms with van der Waals surface area (Å²) in [5.74, 6) is 1.13. The summed E-state index contributed by atoms with van der Waals surface area (Å²) in [7, 11) is 1.51. The average molecular weight is 363 g/mol. The second kappa shape index (κ2) is 7.21. The van der Waals surface area contributed by atoms with Crippen molar-refractivity contribution in [1.82, 2.24) is 5.32 Å². The molecule has 0 bridgehead atoms. The zero-order valence-electron chi connectivity index (χ0n) is 13.7. The molecular weight excluding hydrogens is 344 g/mol. The number of halogens is 1. The molecular formula is C18H19ClN2O4. The van der Waals surface area contributed by atoms with Crippen molar-refractivity contribution < 1.29 is 19.4 Å². The summed E-state index contributed by atoms with van der Waals surface area (Å²) >= 11 is 5.95. The number of methoxy groups -OCH3 is 1. The van der Waals surface area contributed by atoms with E-state index in [1.807, 2.05) is 12.1 Å². The molecule has 0 aromatic heterocycles. The minimum absolute atomic E-state index is 0.0576. The molecule has 2 amide bonds. The number of para-hydroxylation sites is 1. The van der Waals surface area contributed by atoms with E-state index in [0.29, 0.717) is 40.8 Å². The highest BCUT2D eigenvalue weighted by Crippen LogP contribution is 2.36. The van der Waals surface area contributed by atoms with E-state index in [-0.39, 0.29) is 6.54 Å². The van der Waals surface area contributed by atoms with Gasteiger partial charge in [0, 0.05) is 17.0 Å². The molecule has 2 aromatic carbocycles. The van der Waals surface area contributed by atoms with E-state index < -0.39 is 11.6 Å². The second-order valence-electron chi connectivity index (χ2n) is 5.78. The summed E-state index contributed by atoms with van der Waals surface area (Å²) in [6.45, 7) is 0.445. The molecule has 1 atom stereocenters. The quantitative estimate of drug-likeness (QED) is 0.780. The van der Waals surface area contributed by atoms with Gasteiger partial charge in [-0.2, -0.15) is 0 Å². The van der Waals surface area contributed by atoms with Gasteiger partial charge in [-0.1, -0.05) is 29.8 Å². The molecule has 132 valence electrons. The number of carbonyl (C=O) groups is 1. The number of rotatable bonds is 4. The monoisotopic (exact) mass is 362 g/mol. The van der Waals surface area contributed by atoms with Crippen LogP contribution in [0, 0.1) is 0 Å². The Labute approximate surface area is 150 Å². The Morgan fingerprint density at radius 2 is 2.16 bits per heavy atom. The summed E-state index contributed by atoms with van der Waals surface area (Å²) in [4.78, 5) is 12.2. The molecule has 0 fully saturated rings. The first kappa shape index (κ1) is 17.4. The summed E-state index contributed by atoms with van der Waals surface area (Å²) in [6, 6.07) is 11.7. The SMILES string of the molecule is COc1ccc(Cl)cc1NC(=O)NCC1(O)CCOc2ccccc21. The highest BCUT2D eigenvalue weighted by Gasteiger charge is 2.35. The topological polar surface area (TPSA) is 79.8 Å². The van der Waals surface area contributed by atoms with Crippen LogP contribution in [0.1, 0.15) is 12.0 Å². The lowest BCUT2D eigenvalue weighted by Crippen LogP contribution is -2.45. The molecule has 7 heteroatoms. The Balaban J connectivity index is 1.68. The molecule has 2 aromatic rings. The van der Waals surface area contributed by atoms with E-state index in [0.717, 1.165) is 0 Å². The number of amides is 2. The Hall–Kier alpha value is -2.44. The number of carbonyl (C=O) groups excluding carboxylic acids is 1. The molecule has 1 aliphatic heterocycles. The van der Waals surface area contributed by atoms with Crippen LogP contribution in [0.5, 0.6) is 11.5 Å². The number of hydrogen-bond donors (Lipinski definition) is 3. The van der Waals surface area contributed by atoms with Crippen LogP contribution in [0.4, 0.5) is 10.5 Å². The molecule has 3 rings (SSSR count). The largest absolute Gasteiger partial charge is 0.495 e. The highest BCUT2D eigenvalue weighted by molar-refractivity contribution is 6.31. The van der Waals surface area contributed by atoms with Crippen LogP contribution in [0.3, 0.4) is 0 Å². The number of anilines is 1. The third-order valence-corrected chi connectivity index (χ3v) is 4.35. The molecule has 0 saturated heterocycles. The maximum Gasteiger partial charge on any atom is 0.319 e. The minimum atomic E-state index is -1.18. The Morgan fingerprint density at radius 1 is 1.36 bits per heavy atom. The van der Waals surface area contributed by atoms with Crippen LogP contribution in [-0.4, -0.2) is 31.4 Å². The lowest BCUT2D eigenvalue weighted by molar-refractivity contribution is 0.000398. The maximum atomic E-state index is 12.2. The fourth-order valence-electron chi connectivity index (χ4n) is 2.80. The molecule has 0 spiro atoms. The summed E-state index contributed by atoms with van der Waals surface area (Å²) in [5, 5.41) is 16.8. The van der Waals surface area contributed by atoms with Crippen LogP contribution in [-0.2, 0) is 5.60 Å². The van der Waals surface area contributed by atoms with Crippen molar-refractivity contribution in [2.45, 2.75) is 12.0 Å². The third-order valence-electron chi connectivity index (χ3n) is 4.11. The van der Waals surface area contributed by atoms with Crippen LogP contribution in [0.15, 0.2) is 42.5 Å². The Morgan fingerprint density at radius 3 is 2.96 bits per heavy atom. The zero-order chi connectivity index (χ0) is 17.9. The fourth-order valence-corrected chi connectivity index (χ4v) is 2.97. The molecule has 0 saturated carbocycles. The third kappa shape index (κ3) is 3.81. The van der Waals surface area contributed by atoms with Gasteiger partial charge in [0.1, 0.15) is 17.1 Å². The molecule has 1 aliphatic rings. The standard InChI is InChI=1S/C18H19ClN2O4/c1-24-16-7-6-12(19)10-14(16)21-17(22)20-11-18(23)8-9-25-15-5-3-2-4-13(15)18/h2-7,10,23H,8-9,11H2,1H3,(H2,20,21,22). The van der Waals surface area contributed by atoms with Crippen molar-refractivity contribution in [2.75, 3.05) is 25.6 Å². The second-order valence-corrected chi connectivity index (χ2v) is 6.21. The van der Waals surface area contributed by atoms with E-state index in [9.17, 15) is 9.90 Å². The van der Waals surface area contributed by atoms with Gasteiger partial charge in [-0.05, 0) is 24.3 Å². The number of nitrogens with one attached hydrogen (secondary N) is 2. The van der Waals surface area contributed by atoms with E-state index in [4.69, 9.17) is 21.1 Å². The smallest absolute Gasteiger partial charge is 0.319 e.